The Labute approximate surface area is 137 Å². The lowest BCUT2D eigenvalue weighted by atomic mass is 10.0. The molecule has 0 amide bonds. The van der Waals surface area contributed by atoms with Crippen molar-refractivity contribution in [2.45, 2.75) is 74.6 Å². The number of sulfonamides is 1. The van der Waals surface area contributed by atoms with Crippen molar-refractivity contribution in [2.24, 2.45) is 0 Å². The van der Waals surface area contributed by atoms with Gasteiger partial charge in [-0.25, -0.2) is 18.1 Å². The van der Waals surface area contributed by atoms with Crippen molar-refractivity contribution in [3.8, 4) is 0 Å². The highest BCUT2D eigenvalue weighted by Gasteiger charge is 2.36. The SMILES string of the molecule is Cl.O=S(=O)(NC1CC2CCC(C1)N2)c1cn2c(n1)CCCC2. The third-order valence-electron chi connectivity index (χ3n) is 4.96. The number of aromatic nitrogens is 2. The van der Waals surface area contributed by atoms with Crippen molar-refractivity contribution in [1.29, 1.82) is 0 Å². The van der Waals surface area contributed by atoms with Crippen LogP contribution in [0.1, 0.15) is 44.3 Å². The van der Waals surface area contributed by atoms with Gasteiger partial charge in [-0.15, -0.1) is 12.4 Å². The number of nitrogens with zero attached hydrogens (tertiary/aromatic N) is 2. The molecule has 2 saturated heterocycles. The fraction of sp³-hybridized carbons (Fsp3) is 0.786. The lowest BCUT2D eigenvalue weighted by Crippen LogP contribution is -2.47. The summed E-state index contributed by atoms with van der Waals surface area (Å²) >= 11 is 0. The van der Waals surface area contributed by atoms with Crippen molar-refractivity contribution < 1.29 is 8.42 Å². The third kappa shape index (κ3) is 3.04. The number of hydrogen-bond donors (Lipinski definition) is 2. The van der Waals surface area contributed by atoms with Crippen molar-refractivity contribution in [3.63, 3.8) is 0 Å². The first-order valence-electron chi connectivity index (χ1n) is 7.94. The Balaban J connectivity index is 0.00000144. The Morgan fingerprint density at radius 3 is 2.64 bits per heavy atom. The predicted molar refractivity (Wildman–Crippen MR) is 85.7 cm³/mol. The second-order valence-electron chi connectivity index (χ2n) is 6.57. The van der Waals surface area contributed by atoms with E-state index in [1.807, 2.05) is 4.57 Å². The predicted octanol–water partition coefficient (Wildman–Crippen LogP) is 1.20. The van der Waals surface area contributed by atoms with Crippen LogP contribution >= 0.6 is 12.4 Å². The molecule has 0 aromatic carbocycles. The summed E-state index contributed by atoms with van der Waals surface area (Å²) in [6.45, 7) is 0.884. The van der Waals surface area contributed by atoms with E-state index in [0.717, 1.165) is 44.5 Å². The molecular formula is C14H23ClN4O2S. The zero-order chi connectivity index (χ0) is 14.4. The van der Waals surface area contributed by atoms with Gasteiger partial charge in [0.1, 0.15) is 5.82 Å². The second kappa shape index (κ2) is 6.11. The number of imidazole rings is 1. The average molecular weight is 347 g/mol. The molecule has 4 rings (SSSR count). The number of aryl methyl sites for hydroxylation is 2. The summed E-state index contributed by atoms with van der Waals surface area (Å²) in [6.07, 6.45) is 8.91. The normalized spacial score (nSPS) is 30.6. The zero-order valence-corrected chi connectivity index (χ0v) is 14.1. The summed E-state index contributed by atoms with van der Waals surface area (Å²) < 4.78 is 30.0. The van der Waals surface area contributed by atoms with Gasteiger partial charge < -0.3 is 9.88 Å². The minimum atomic E-state index is -3.48. The lowest BCUT2D eigenvalue weighted by molar-refractivity contribution is 0.345. The molecule has 1 aromatic rings. The topological polar surface area (TPSA) is 76.0 Å². The maximum absolute atomic E-state index is 12.5. The number of piperidine rings is 1. The van der Waals surface area contributed by atoms with Gasteiger partial charge in [0.05, 0.1) is 0 Å². The Hall–Kier alpha value is -0.630. The molecule has 0 spiro atoms. The van der Waals surface area contributed by atoms with Crippen LogP contribution in [0.15, 0.2) is 11.2 Å². The minimum Gasteiger partial charge on any atom is -0.333 e. The van der Waals surface area contributed by atoms with E-state index >= 15 is 0 Å². The average Bonchev–Trinajstić information content (AvgIpc) is 3.02. The van der Waals surface area contributed by atoms with Crippen molar-refractivity contribution >= 4 is 22.4 Å². The highest BCUT2D eigenvalue weighted by molar-refractivity contribution is 7.89. The van der Waals surface area contributed by atoms with Crippen LogP contribution in [0.5, 0.6) is 0 Å². The molecule has 0 aliphatic carbocycles. The fourth-order valence-corrected chi connectivity index (χ4v) is 5.19. The molecule has 3 aliphatic heterocycles. The summed E-state index contributed by atoms with van der Waals surface area (Å²) in [6, 6.07) is 1.01. The van der Waals surface area contributed by atoms with Gasteiger partial charge in [-0.3, -0.25) is 0 Å². The standard InChI is InChI=1S/C14H22N4O2S.ClH/c19-21(20,14-9-18-6-2-1-3-13(18)16-14)17-12-7-10-4-5-11(8-12)15-10;/h9-12,15,17H,1-8H2;1H. The van der Waals surface area contributed by atoms with E-state index in [9.17, 15) is 8.42 Å². The Morgan fingerprint density at radius 1 is 1.23 bits per heavy atom. The second-order valence-corrected chi connectivity index (χ2v) is 8.23. The first kappa shape index (κ1) is 16.2. The largest absolute Gasteiger partial charge is 0.333 e. The molecule has 0 radical (unpaired) electrons. The van der Waals surface area contributed by atoms with Crippen LogP contribution in [-0.4, -0.2) is 36.1 Å². The fourth-order valence-electron chi connectivity index (χ4n) is 3.95. The number of hydrogen-bond acceptors (Lipinski definition) is 4. The smallest absolute Gasteiger partial charge is 0.259 e. The van der Waals surface area contributed by atoms with Crippen LogP contribution in [0.25, 0.3) is 0 Å². The molecule has 2 N–H and O–H groups in total. The van der Waals surface area contributed by atoms with E-state index in [1.165, 1.54) is 12.8 Å². The summed E-state index contributed by atoms with van der Waals surface area (Å²) in [4.78, 5) is 4.34. The van der Waals surface area contributed by atoms with Crippen LogP contribution in [0.3, 0.4) is 0 Å². The van der Waals surface area contributed by atoms with Crippen LogP contribution < -0.4 is 10.0 Å². The number of halogens is 1. The van der Waals surface area contributed by atoms with Gasteiger partial charge in [0.25, 0.3) is 10.0 Å². The van der Waals surface area contributed by atoms with E-state index in [0.29, 0.717) is 12.1 Å². The maximum Gasteiger partial charge on any atom is 0.259 e. The van der Waals surface area contributed by atoms with Gasteiger partial charge in [-0.1, -0.05) is 0 Å². The molecule has 0 saturated carbocycles. The van der Waals surface area contributed by atoms with Crippen molar-refractivity contribution in [1.82, 2.24) is 19.6 Å². The van der Waals surface area contributed by atoms with Gasteiger partial charge in [0.15, 0.2) is 5.03 Å². The third-order valence-corrected chi connectivity index (χ3v) is 6.35. The highest BCUT2D eigenvalue weighted by atomic mass is 35.5. The van der Waals surface area contributed by atoms with E-state index in [2.05, 4.69) is 15.0 Å². The van der Waals surface area contributed by atoms with E-state index in [-0.39, 0.29) is 23.5 Å². The quantitative estimate of drug-likeness (QED) is 0.862. The Bertz CT molecular complexity index is 610. The number of fused-ring (bicyclic) bond motifs is 3. The lowest BCUT2D eigenvalue weighted by Gasteiger charge is -2.29. The van der Waals surface area contributed by atoms with E-state index in [1.54, 1.807) is 6.20 Å². The van der Waals surface area contributed by atoms with Crippen LogP contribution in [0.4, 0.5) is 0 Å². The summed E-state index contributed by atoms with van der Waals surface area (Å²) in [5.41, 5.74) is 0. The molecule has 2 fully saturated rings. The van der Waals surface area contributed by atoms with Crippen molar-refractivity contribution in [3.05, 3.63) is 12.0 Å². The number of rotatable bonds is 3. The van der Waals surface area contributed by atoms with E-state index in [4.69, 9.17) is 0 Å². The molecule has 22 heavy (non-hydrogen) atoms. The monoisotopic (exact) mass is 346 g/mol. The summed E-state index contributed by atoms with van der Waals surface area (Å²) in [7, 11) is -3.48. The summed E-state index contributed by atoms with van der Waals surface area (Å²) in [5, 5.41) is 3.73. The molecule has 2 bridgehead atoms. The Morgan fingerprint density at radius 2 is 1.95 bits per heavy atom. The molecule has 2 atom stereocenters. The zero-order valence-electron chi connectivity index (χ0n) is 12.5. The van der Waals surface area contributed by atoms with Crippen LogP contribution in [0.2, 0.25) is 0 Å². The molecule has 3 aliphatic rings. The first-order chi connectivity index (χ1) is 10.1. The van der Waals surface area contributed by atoms with Crippen LogP contribution in [-0.2, 0) is 23.0 Å². The van der Waals surface area contributed by atoms with Gasteiger partial charge in [-0.2, -0.15) is 0 Å². The molecule has 124 valence electrons. The van der Waals surface area contributed by atoms with E-state index < -0.39 is 10.0 Å². The molecule has 1 aromatic heterocycles. The molecule has 6 nitrogen and oxygen atoms in total. The highest BCUT2D eigenvalue weighted by Crippen LogP contribution is 2.27. The van der Waals surface area contributed by atoms with Gasteiger partial charge >= 0.3 is 0 Å². The molecule has 4 heterocycles. The Kier molecular flexibility index (Phi) is 4.51. The van der Waals surface area contributed by atoms with Gasteiger partial charge in [0.2, 0.25) is 0 Å². The number of nitrogens with one attached hydrogen (secondary N) is 2. The minimum absolute atomic E-state index is 0. The van der Waals surface area contributed by atoms with Gasteiger partial charge in [-0.05, 0) is 38.5 Å². The molecule has 2 unspecified atom stereocenters. The first-order valence-corrected chi connectivity index (χ1v) is 9.43. The van der Waals surface area contributed by atoms with Gasteiger partial charge in [0, 0.05) is 37.3 Å². The molecule has 8 heteroatoms. The maximum atomic E-state index is 12.5. The van der Waals surface area contributed by atoms with Crippen molar-refractivity contribution in [2.75, 3.05) is 0 Å². The molecular weight excluding hydrogens is 324 g/mol. The summed E-state index contributed by atoms with van der Waals surface area (Å²) in [5.74, 6) is 0.909. The van der Waals surface area contributed by atoms with Crippen LogP contribution in [0, 0.1) is 0 Å².